The van der Waals surface area contributed by atoms with Crippen LogP contribution >= 0.6 is 15.9 Å². The quantitative estimate of drug-likeness (QED) is 0.689. The first kappa shape index (κ1) is 10.6. The average molecular weight is 290 g/mol. The van der Waals surface area contributed by atoms with Crippen molar-refractivity contribution in [3.05, 3.63) is 34.4 Å². The number of hydrogen-bond acceptors (Lipinski definition) is 2. The summed E-state index contributed by atoms with van der Waals surface area (Å²) in [5, 5.41) is 2.35. The molecule has 0 aliphatic rings. The molecule has 2 aromatic heterocycles. The highest BCUT2D eigenvalue weighted by Crippen LogP contribution is 2.35. The number of hydrogen-bond donors (Lipinski definition) is 1. The van der Waals surface area contributed by atoms with E-state index < -0.39 is 0 Å². The molecule has 0 fully saturated rings. The maximum atomic E-state index is 5.84. The van der Waals surface area contributed by atoms with Gasteiger partial charge in [0.05, 0.1) is 16.7 Å². The lowest BCUT2D eigenvalue weighted by molar-refractivity contribution is 0.998. The third kappa shape index (κ3) is 1.37. The topological polar surface area (TPSA) is 43.8 Å². The van der Waals surface area contributed by atoms with Crippen molar-refractivity contribution < 1.29 is 0 Å². The summed E-state index contributed by atoms with van der Waals surface area (Å²) < 4.78 is 3.25. The largest absolute Gasteiger partial charge is 0.384 e. The van der Waals surface area contributed by atoms with E-state index in [1.54, 1.807) is 0 Å². The molecular formula is C13H12BrN3. The number of anilines is 1. The van der Waals surface area contributed by atoms with E-state index >= 15 is 0 Å². The monoisotopic (exact) mass is 289 g/mol. The molecule has 0 spiro atoms. The highest BCUT2D eigenvalue weighted by atomic mass is 79.9. The molecule has 0 unspecified atom stereocenters. The van der Waals surface area contributed by atoms with Gasteiger partial charge in [0.1, 0.15) is 5.82 Å². The zero-order valence-electron chi connectivity index (χ0n) is 9.66. The molecule has 0 atom stereocenters. The minimum absolute atomic E-state index is 0.568. The Labute approximate surface area is 107 Å². The molecule has 2 N–H and O–H groups in total. The van der Waals surface area contributed by atoms with Crippen LogP contribution < -0.4 is 5.73 Å². The molecule has 3 aromatic rings. The number of nitrogen functional groups attached to an aromatic ring is 1. The fraction of sp³-hybridized carbons (Fsp3) is 0.154. The summed E-state index contributed by atoms with van der Waals surface area (Å²) in [6.45, 7) is 1.99. The first-order valence-corrected chi connectivity index (χ1v) is 6.18. The molecule has 2 heterocycles. The summed E-state index contributed by atoms with van der Waals surface area (Å²) in [4.78, 5) is 4.33. The standard InChI is InChI=1S/C13H12BrN3/c1-7-13-8(6-11(15)16-7)12-9(14)4-3-5-10(12)17(13)2/h3-6H,1-2H3,(H2,15,16). The Bertz CT molecular complexity index is 743. The van der Waals surface area contributed by atoms with Gasteiger partial charge in [-0.15, -0.1) is 0 Å². The number of fused-ring (bicyclic) bond motifs is 3. The Balaban J connectivity index is 2.70. The molecule has 3 nitrogen and oxygen atoms in total. The minimum Gasteiger partial charge on any atom is -0.384 e. The van der Waals surface area contributed by atoms with Crippen molar-refractivity contribution in [3.8, 4) is 0 Å². The van der Waals surface area contributed by atoms with Crippen molar-refractivity contribution in [2.75, 3.05) is 5.73 Å². The molecule has 4 heteroatoms. The van der Waals surface area contributed by atoms with E-state index in [1.165, 1.54) is 10.9 Å². The van der Waals surface area contributed by atoms with Crippen LogP contribution in [0.1, 0.15) is 5.69 Å². The van der Waals surface area contributed by atoms with Gasteiger partial charge in [-0.05, 0) is 25.1 Å². The van der Waals surface area contributed by atoms with Crippen LogP contribution in [0.15, 0.2) is 28.7 Å². The average Bonchev–Trinajstić information content (AvgIpc) is 2.54. The Morgan fingerprint density at radius 2 is 2.12 bits per heavy atom. The van der Waals surface area contributed by atoms with E-state index in [0.717, 1.165) is 21.1 Å². The van der Waals surface area contributed by atoms with E-state index in [2.05, 4.69) is 38.6 Å². The van der Waals surface area contributed by atoms with Gasteiger partial charge in [-0.2, -0.15) is 0 Å². The molecule has 17 heavy (non-hydrogen) atoms. The molecule has 0 aliphatic carbocycles. The van der Waals surface area contributed by atoms with Crippen LogP contribution in [-0.4, -0.2) is 9.55 Å². The third-order valence-corrected chi connectivity index (χ3v) is 3.81. The first-order valence-electron chi connectivity index (χ1n) is 5.39. The van der Waals surface area contributed by atoms with Crippen LogP contribution in [0.3, 0.4) is 0 Å². The molecular weight excluding hydrogens is 278 g/mol. The summed E-state index contributed by atoms with van der Waals surface area (Å²) >= 11 is 3.61. The lowest BCUT2D eigenvalue weighted by atomic mass is 10.1. The lowest BCUT2D eigenvalue weighted by Gasteiger charge is -2.01. The second-order valence-corrected chi connectivity index (χ2v) is 5.08. The number of pyridine rings is 1. The summed E-state index contributed by atoms with van der Waals surface area (Å²) in [5.41, 5.74) is 9.13. The molecule has 0 amide bonds. The van der Waals surface area contributed by atoms with Crippen molar-refractivity contribution in [1.29, 1.82) is 0 Å². The maximum Gasteiger partial charge on any atom is 0.124 e. The van der Waals surface area contributed by atoms with Gasteiger partial charge in [0.15, 0.2) is 0 Å². The van der Waals surface area contributed by atoms with E-state index in [0.29, 0.717) is 5.82 Å². The molecule has 0 saturated heterocycles. The fourth-order valence-electron chi connectivity index (χ4n) is 2.48. The molecule has 0 aliphatic heterocycles. The number of nitrogens with two attached hydrogens (primary N) is 1. The van der Waals surface area contributed by atoms with Crippen LogP contribution in [0.5, 0.6) is 0 Å². The molecule has 0 radical (unpaired) electrons. The highest BCUT2D eigenvalue weighted by molar-refractivity contribution is 9.10. The molecule has 1 aromatic carbocycles. The predicted molar refractivity (Wildman–Crippen MR) is 75.1 cm³/mol. The molecule has 0 bridgehead atoms. The third-order valence-electron chi connectivity index (χ3n) is 3.14. The number of aryl methyl sites for hydroxylation is 2. The van der Waals surface area contributed by atoms with Gasteiger partial charge < -0.3 is 10.3 Å². The number of benzene rings is 1. The van der Waals surface area contributed by atoms with Crippen LogP contribution in [0, 0.1) is 6.92 Å². The highest BCUT2D eigenvalue weighted by Gasteiger charge is 2.13. The Hall–Kier alpha value is -1.55. The first-order chi connectivity index (χ1) is 8.09. The number of aromatic nitrogens is 2. The van der Waals surface area contributed by atoms with Crippen LogP contribution in [-0.2, 0) is 7.05 Å². The van der Waals surface area contributed by atoms with Gasteiger partial charge in [0.25, 0.3) is 0 Å². The van der Waals surface area contributed by atoms with Crippen molar-refractivity contribution in [3.63, 3.8) is 0 Å². The lowest BCUT2D eigenvalue weighted by Crippen LogP contribution is -1.95. The van der Waals surface area contributed by atoms with Crippen LogP contribution in [0.25, 0.3) is 21.8 Å². The van der Waals surface area contributed by atoms with E-state index in [4.69, 9.17) is 5.73 Å². The van der Waals surface area contributed by atoms with Gasteiger partial charge in [0.2, 0.25) is 0 Å². The van der Waals surface area contributed by atoms with Gasteiger partial charge >= 0.3 is 0 Å². The summed E-state index contributed by atoms with van der Waals surface area (Å²) in [7, 11) is 2.06. The van der Waals surface area contributed by atoms with Crippen molar-refractivity contribution >= 4 is 43.6 Å². The Kier molecular flexibility index (Phi) is 2.16. The smallest absolute Gasteiger partial charge is 0.124 e. The Morgan fingerprint density at radius 3 is 2.88 bits per heavy atom. The predicted octanol–water partition coefficient (Wildman–Crippen LogP) is 3.38. The Morgan fingerprint density at radius 1 is 1.35 bits per heavy atom. The van der Waals surface area contributed by atoms with Crippen molar-refractivity contribution in [2.24, 2.45) is 7.05 Å². The van der Waals surface area contributed by atoms with E-state index in [-0.39, 0.29) is 0 Å². The minimum atomic E-state index is 0.568. The van der Waals surface area contributed by atoms with Gasteiger partial charge in [-0.3, -0.25) is 0 Å². The maximum absolute atomic E-state index is 5.84. The van der Waals surface area contributed by atoms with E-state index in [9.17, 15) is 0 Å². The van der Waals surface area contributed by atoms with Gasteiger partial charge in [-0.25, -0.2) is 4.98 Å². The zero-order chi connectivity index (χ0) is 12.2. The van der Waals surface area contributed by atoms with E-state index in [1.807, 2.05) is 25.1 Å². The van der Waals surface area contributed by atoms with Gasteiger partial charge in [0, 0.05) is 22.3 Å². The second-order valence-electron chi connectivity index (χ2n) is 4.22. The molecule has 86 valence electrons. The normalized spacial score (nSPS) is 11.5. The zero-order valence-corrected chi connectivity index (χ0v) is 11.2. The second kappa shape index (κ2) is 3.47. The van der Waals surface area contributed by atoms with Gasteiger partial charge in [-0.1, -0.05) is 22.0 Å². The summed E-state index contributed by atoms with van der Waals surface area (Å²) in [6, 6.07) is 8.14. The van der Waals surface area contributed by atoms with Crippen molar-refractivity contribution in [1.82, 2.24) is 9.55 Å². The summed E-state index contributed by atoms with van der Waals surface area (Å²) in [5.74, 6) is 0.568. The van der Waals surface area contributed by atoms with Crippen LogP contribution in [0.4, 0.5) is 5.82 Å². The number of halogens is 1. The fourth-order valence-corrected chi connectivity index (χ4v) is 3.05. The number of nitrogens with zero attached hydrogens (tertiary/aromatic N) is 2. The van der Waals surface area contributed by atoms with Crippen LogP contribution in [0.2, 0.25) is 0 Å². The van der Waals surface area contributed by atoms with Crippen molar-refractivity contribution in [2.45, 2.75) is 6.92 Å². The SMILES string of the molecule is Cc1nc(N)cc2c3c(Br)cccc3n(C)c12. The number of rotatable bonds is 0. The molecule has 0 saturated carbocycles. The molecule has 3 rings (SSSR count). The summed E-state index contributed by atoms with van der Waals surface area (Å²) in [6.07, 6.45) is 0.